The molecule has 0 aliphatic carbocycles. The average molecular weight is 440 g/mol. The molecule has 32 heavy (non-hydrogen) atoms. The Morgan fingerprint density at radius 2 is 1.72 bits per heavy atom. The lowest BCUT2D eigenvalue weighted by Gasteiger charge is -2.33. The number of pyridine rings is 1. The third kappa shape index (κ3) is 5.63. The summed E-state index contributed by atoms with van der Waals surface area (Å²) in [5.74, 6) is 0.910. The van der Waals surface area contributed by atoms with Crippen molar-refractivity contribution in [3.05, 3.63) is 41.6 Å². The summed E-state index contributed by atoms with van der Waals surface area (Å²) in [6, 6.07) is 10.4. The van der Waals surface area contributed by atoms with Crippen LogP contribution >= 0.6 is 0 Å². The summed E-state index contributed by atoms with van der Waals surface area (Å²) in [4.78, 5) is 18.1. The number of aryl methyl sites for hydroxylation is 3. The van der Waals surface area contributed by atoms with Crippen LogP contribution in [0.2, 0.25) is 0 Å². The summed E-state index contributed by atoms with van der Waals surface area (Å²) < 4.78 is 7.87. The number of benzene rings is 1. The summed E-state index contributed by atoms with van der Waals surface area (Å²) >= 11 is 0. The predicted molar refractivity (Wildman–Crippen MR) is 126 cm³/mol. The van der Waals surface area contributed by atoms with Gasteiger partial charge in [-0.05, 0) is 56.3 Å². The highest BCUT2D eigenvalue weighted by atomic mass is 16.5. The standard InChI is InChI=1S/C23H31N5O.CH2O2/c1-5-27-10-12-28(13-11-27)14-15-29-20-8-6-19(7-9-20)21-16-17(2)22-18(3)26(4)25-23(22)24-21;2-1-3/h6-9,16H,5,10-15H2,1-4H3;1H,(H,2,3). The monoisotopic (exact) mass is 439 g/mol. The minimum atomic E-state index is -0.250. The Labute approximate surface area is 189 Å². The smallest absolute Gasteiger partial charge is 0.290 e. The van der Waals surface area contributed by atoms with Gasteiger partial charge in [0.25, 0.3) is 6.47 Å². The van der Waals surface area contributed by atoms with Crippen molar-refractivity contribution in [3.63, 3.8) is 0 Å². The van der Waals surface area contributed by atoms with E-state index in [-0.39, 0.29) is 6.47 Å². The van der Waals surface area contributed by atoms with Crippen LogP contribution in [0.25, 0.3) is 22.3 Å². The van der Waals surface area contributed by atoms with Crippen LogP contribution in [-0.2, 0) is 11.8 Å². The second-order valence-electron chi connectivity index (χ2n) is 7.99. The van der Waals surface area contributed by atoms with E-state index in [4.69, 9.17) is 19.6 Å². The highest BCUT2D eigenvalue weighted by Crippen LogP contribution is 2.27. The molecule has 2 aromatic heterocycles. The van der Waals surface area contributed by atoms with Crippen LogP contribution in [0.3, 0.4) is 0 Å². The molecular weight excluding hydrogens is 406 g/mol. The molecule has 1 aliphatic rings. The molecule has 1 aromatic carbocycles. The third-order valence-electron chi connectivity index (χ3n) is 6.03. The van der Waals surface area contributed by atoms with E-state index in [9.17, 15) is 0 Å². The normalized spacial score (nSPS) is 14.8. The summed E-state index contributed by atoms with van der Waals surface area (Å²) in [6.07, 6.45) is 0. The Morgan fingerprint density at radius 1 is 1.09 bits per heavy atom. The number of carbonyl (C=O) groups is 1. The number of likely N-dealkylation sites (N-methyl/N-ethyl adjacent to an activating group) is 1. The van der Waals surface area contributed by atoms with Crippen LogP contribution in [0.15, 0.2) is 30.3 Å². The molecule has 0 spiro atoms. The van der Waals surface area contributed by atoms with Crippen molar-refractivity contribution in [3.8, 4) is 17.0 Å². The van der Waals surface area contributed by atoms with Crippen LogP contribution in [-0.4, -0.2) is 82.0 Å². The van der Waals surface area contributed by atoms with Gasteiger partial charge < -0.3 is 14.7 Å². The molecule has 0 unspecified atom stereocenters. The van der Waals surface area contributed by atoms with Crippen molar-refractivity contribution in [1.29, 1.82) is 0 Å². The molecule has 0 atom stereocenters. The molecule has 8 nitrogen and oxygen atoms in total. The second-order valence-corrected chi connectivity index (χ2v) is 7.99. The SMILES string of the molecule is CCN1CCN(CCOc2ccc(-c3cc(C)c4c(C)n(C)nc4n3)cc2)CC1.O=CO. The zero-order valence-corrected chi connectivity index (χ0v) is 19.4. The van der Waals surface area contributed by atoms with Crippen molar-refractivity contribution in [1.82, 2.24) is 24.6 Å². The van der Waals surface area contributed by atoms with Gasteiger partial charge in [-0.15, -0.1) is 0 Å². The third-order valence-corrected chi connectivity index (χ3v) is 6.03. The van der Waals surface area contributed by atoms with Crippen molar-refractivity contribution >= 4 is 17.5 Å². The van der Waals surface area contributed by atoms with Crippen LogP contribution in [0.1, 0.15) is 18.2 Å². The molecule has 4 rings (SSSR count). The van der Waals surface area contributed by atoms with E-state index in [0.717, 1.165) is 79.6 Å². The van der Waals surface area contributed by atoms with Gasteiger partial charge in [0.2, 0.25) is 0 Å². The number of ether oxygens (including phenoxy) is 1. The van der Waals surface area contributed by atoms with E-state index in [0.29, 0.717) is 0 Å². The van der Waals surface area contributed by atoms with Crippen LogP contribution in [0.5, 0.6) is 5.75 Å². The van der Waals surface area contributed by atoms with E-state index in [1.54, 1.807) is 0 Å². The van der Waals surface area contributed by atoms with Gasteiger partial charge in [0.05, 0.1) is 5.69 Å². The molecule has 1 N–H and O–H groups in total. The molecule has 0 radical (unpaired) electrons. The number of aromatic nitrogens is 3. The molecule has 1 saturated heterocycles. The number of piperazine rings is 1. The zero-order valence-electron chi connectivity index (χ0n) is 19.4. The highest BCUT2D eigenvalue weighted by Gasteiger charge is 2.15. The first-order chi connectivity index (χ1) is 15.5. The zero-order chi connectivity index (χ0) is 23.1. The maximum atomic E-state index is 8.36. The predicted octanol–water partition coefficient (Wildman–Crippen LogP) is 2.97. The molecule has 0 saturated carbocycles. The Balaban J connectivity index is 0.000000913. The fourth-order valence-corrected chi connectivity index (χ4v) is 4.05. The number of hydrogen-bond donors (Lipinski definition) is 1. The molecular formula is C24H33N5O3. The minimum absolute atomic E-state index is 0.250. The molecule has 1 fully saturated rings. The maximum absolute atomic E-state index is 8.36. The lowest BCUT2D eigenvalue weighted by atomic mass is 10.1. The van der Waals surface area contributed by atoms with Crippen molar-refractivity contribution in [2.45, 2.75) is 20.8 Å². The molecule has 3 aromatic rings. The van der Waals surface area contributed by atoms with Crippen molar-refractivity contribution in [2.75, 3.05) is 45.9 Å². The molecule has 8 heteroatoms. The van der Waals surface area contributed by atoms with E-state index in [1.165, 1.54) is 5.56 Å². The molecule has 0 bridgehead atoms. The van der Waals surface area contributed by atoms with Gasteiger partial charge in [-0.1, -0.05) is 6.92 Å². The van der Waals surface area contributed by atoms with Gasteiger partial charge in [-0.3, -0.25) is 14.4 Å². The topological polar surface area (TPSA) is 83.7 Å². The quantitative estimate of drug-likeness (QED) is 0.591. The Bertz CT molecular complexity index is 1020. The molecule has 3 heterocycles. The van der Waals surface area contributed by atoms with Gasteiger partial charge in [0.15, 0.2) is 5.65 Å². The number of rotatable bonds is 6. The fourth-order valence-electron chi connectivity index (χ4n) is 4.05. The van der Waals surface area contributed by atoms with Gasteiger partial charge in [0, 0.05) is 56.4 Å². The Kier molecular flexibility index (Phi) is 8.19. The first-order valence-corrected chi connectivity index (χ1v) is 11.0. The first kappa shape index (κ1) is 23.7. The van der Waals surface area contributed by atoms with Crippen LogP contribution in [0.4, 0.5) is 0 Å². The van der Waals surface area contributed by atoms with E-state index >= 15 is 0 Å². The Hall–Kier alpha value is -2.97. The number of fused-ring (bicyclic) bond motifs is 1. The van der Waals surface area contributed by atoms with E-state index in [2.05, 4.69) is 53.9 Å². The Morgan fingerprint density at radius 3 is 2.34 bits per heavy atom. The van der Waals surface area contributed by atoms with Crippen LogP contribution in [0, 0.1) is 13.8 Å². The maximum Gasteiger partial charge on any atom is 0.290 e. The van der Waals surface area contributed by atoms with Gasteiger partial charge in [-0.2, -0.15) is 5.10 Å². The largest absolute Gasteiger partial charge is 0.492 e. The lowest BCUT2D eigenvalue weighted by molar-refractivity contribution is -0.122. The second kappa shape index (κ2) is 11.1. The summed E-state index contributed by atoms with van der Waals surface area (Å²) in [7, 11) is 1.96. The highest BCUT2D eigenvalue weighted by molar-refractivity contribution is 5.84. The lowest BCUT2D eigenvalue weighted by Crippen LogP contribution is -2.47. The van der Waals surface area contributed by atoms with Gasteiger partial charge in [-0.25, -0.2) is 4.98 Å². The van der Waals surface area contributed by atoms with Gasteiger partial charge in [0.1, 0.15) is 12.4 Å². The average Bonchev–Trinajstić information content (AvgIpc) is 3.09. The van der Waals surface area contributed by atoms with E-state index < -0.39 is 0 Å². The minimum Gasteiger partial charge on any atom is -0.492 e. The van der Waals surface area contributed by atoms with Gasteiger partial charge >= 0.3 is 0 Å². The van der Waals surface area contributed by atoms with Crippen molar-refractivity contribution in [2.24, 2.45) is 7.05 Å². The summed E-state index contributed by atoms with van der Waals surface area (Å²) in [5, 5.41) is 12.6. The van der Waals surface area contributed by atoms with Crippen LogP contribution < -0.4 is 4.74 Å². The fraction of sp³-hybridized carbons (Fsp3) is 0.458. The first-order valence-electron chi connectivity index (χ1n) is 11.0. The van der Waals surface area contributed by atoms with E-state index in [1.807, 2.05) is 23.9 Å². The number of hydrogen-bond acceptors (Lipinski definition) is 6. The molecule has 172 valence electrons. The molecule has 0 amide bonds. The number of nitrogens with zero attached hydrogens (tertiary/aromatic N) is 5. The summed E-state index contributed by atoms with van der Waals surface area (Å²) in [5.41, 5.74) is 5.20. The number of carboxylic acid groups (broad SMARTS) is 1. The molecule has 1 aliphatic heterocycles. The van der Waals surface area contributed by atoms with Crippen molar-refractivity contribution < 1.29 is 14.6 Å². The summed E-state index contributed by atoms with van der Waals surface area (Å²) in [6.45, 7) is 13.6.